The van der Waals surface area contributed by atoms with E-state index in [9.17, 15) is 4.79 Å². The Morgan fingerprint density at radius 2 is 1.31 bits per heavy atom. The molecule has 0 radical (unpaired) electrons. The molecule has 70 valence electrons. The summed E-state index contributed by atoms with van der Waals surface area (Å²) < 4.78 is 0. The van der Waals surface area contributed by atoms with Gasteiger partial charge in [-0.15, -0.1) is 0 Å². The van der Waals surface area contributed by atoms with Crippen LogP contribution < -0.4 is 0 Å². The van der Waals surface area contributed by atoms with Crippen LogP contribution in [0.1, 0.15) is 10.4 Å². The van der Waals surface area contributed by atoms with Gasteiger partial charge in [0.15, 0.2) is 29.3 Å². The molecule has 0 saturated carbocycles. The van der Waals surface area contributed by atoms with E-state index in [1.165, 1.54) is 0 Å². The largest absolute Gasteiger partial charge is 0.504 e. The van der Waals surface area contributed by atoms with E-state index >= 15 is 0 Å². The lowest BCUT2D eigenvalue weighted by molar-refractivity contribution is 0.111. The highest BCUT2D eigenvalue weighted by Gasteiger charge is 2.21. The van der Waals surface area contributed by atoms with Crippen LogP contribution in [0.25, 0.3) is 0 Å². The number of rotatable bonds is 1. The Balaban J connectivity index is 3.66. The summed E-state index contributed by atoms with van der Waals surface area (Å²) in [5.74, 6) is -3.43. The molecule has 0 aliphatic rings. The number of hydrogen-bond acceptors (Lipinski definition) is 5. The first-order valence-electron chi connectivity index (χ1n) is 3.11. The lowest BCUT2D eigenvalue weighted by Crippen LogP contribution is -1.85. The van der Waals surface area contributed by atoms with Gasteiger partial charge in [-0.05, 0) is 0 Å². The summed E-state index contributed by atoms with van der Waals surface area (Å²) in [5, 5.41) is 35.5. The predicted octanol–water partition coefficient (Wildman–Crippen LogP) is 0.975. The second-order valence-electron chi connectivity index (χ2n) is 2.24. The van der Waals surface area contributed by atoms with Crippen molar-refractivity contribution >= 4 is 17.9 Å². The molecular weight excluding hydrogens is 200 g/mol. The molecule has 0 aromatic heterocycles. The summed E-state index contributed by atoms with van der Waals surface area (Å²) in [7, 11) is 0. The van der Waals surface area contributed by atoms with E-state index in [2.05, 4.69) is 0 Å². The first kappa shape index (κ1) is 9.47. The van der Waals surface area contributed by atoms with Gasteiger partial charge in [0, 0.05) is 0 Å². The SMILES string of the molecule is O=Cc1c(O)c(O)c(Cl)c(O)c1O. The number of phenols is 4. The molecular formula is C7H5ClO5. The number of benzene rings is 1. The number of hydrogen-bond donors (Lipinski definition) is 4. The van der Waals surface area contributed by atoms with Crippen molar-refractivity contribution in [3.8, 4) is 23.0 Å². The van der Waals surface area contributed by atoms with Crippen molar-refractivity contribution in [2.24, 2.45) is 0 Å². The quantitative estimate of drug-likeness (QED) is 0.311. The van der Waals surface area contributed by atoms with Crippen LogP contribution in [0.3, 0.4) is 0 Å². The standard InChI is InChI=1S/C7H5ClO5/c8-3-6(12)4(10)2(1-9)5(11)7(3)13/h1,10-13H. The van der Waals surface area contributed by atoms with Crippen molar-refractivity contribution in [3.63, 3.8) is 0 Å². The number of carbonyl (C=O) groups excluding carboxylic acids is 1. The molecule has 0 bridgehead atoms. The molecule has 0 spiro atoms. The average Bonchev–Trinajstić information content (AvgIpc) is 2.13. The van der Waals surface area contributed by atoms with Crippen LogP contribution in [0.4, 0.5) is 0 Å². The molecule has 1 aromatic carbocycles. The van der Waals surface area contributed by atoms with E-state index < -0.39 is 33.6 Å². The highest BCUT2D eigenvalue weighted by atomic mass is 35.5. The summed E-state index contributed by atoms with van der Waals surface area (Å²) in [6, 6.07) is 0. The van der Waals surface area contributed by atoms with Gasteiger partial charge in [-0.3, -0.25) is 4.79 Å². The third-order valence-electron chi connectivity index (χ3n) is 1.49. The van der Waals surface area contributed by atoms with Crippen molar-refractivity contribution in [2.75, 3.05) is 0 Å². The van der Waals surface area contributed by atoms with E-state index in [0.717, 1.165) is 0 Å². The Kier molecular flexibility index (Phi) is 2.20. The van der Waals surface area contributed by atoms with Gasteiger partial charge in [0.1, 0.15) is 10.6 Å². The number of halogens is 1. The minimum Gasteiger partial charge on any atom is -0.504 e. The van der Waals surface area contributed by atoms with Gasteiger partial charge in [0.05, 0.1) is 0 Å². The minimum absolute atomic E-state index is 0.0838. The van der Waals surface area contributed by atoms with Gasteiger partial charge in [-0.25, -0.2) is 0 Å². The fraction of sp³-hybridized carbons (Fsp3) is 0. The van der Waals surface area contributed by atoms with Crippen LogP contribution in [-0.2, 0) is 0 Å². The Morgan fingerprint density at radius 3 is 1.62 bits per heavy atom. The van der Waals surface area contributed by atoms with Gasteiger partial charge >= 0.3 is 0 Å². The Hall–Kier alpha value is -1.62. The van der Waals surface area contributed by atoms with Gasteiger partial charge in [-0.2, -0.15) is 0 Å². The van der Waals surface area contributed by atoms with Gasteiger partial charge in [-0.1, -0.05) is 11.6 Å². The maximum Gasteiger partial charge on any atom is 0.181 e. The zero-order valence-electron chi connectivity index (χ0n) is 6.15. The third-order valence-corrected chi connectivity index (χ3v) is 1.85. The Bertz CT molecular complexity index is 345. The zero-order valence-corrected chi connectivity index (χ0v) is 6.91. The summed E-state index contributed by atoms with van der Waals surface area (Å²) in [5.41, 5.74) is -0.612. The van der Waals surface area contributed by atoms with Gasteiger partial charge < -0.3 is 20.4 Å². The molecule has 1 aromatic rings. The molecule has 0 aliphatic heterocycles. The van der Waals surface area contributed by atoms with Crippen LogP contribution in [0.2, 0.25) is 5.02 Å². The van der Waals surface area contributed by atoms with Gasteiger partial charge in [0.25, 0.3) is 0 Å². The van der Waals surface area contributed by atoms with E-state index in [4.69, 9.17) is 32.0 Å². The first-order chi connectivity index (χ1) is 6.00. The van der Waals surface area contributed by atoms with Crippen molar-refractivity contribution in [2.45, 2.75) is 0 Å². The first-order valence-corrected chi connectivity index (χ1v) is 3.49. The van der Waals surface area contributed by atoms with E-state index in [0.29, 0.717) is 0 Å². The summed E-state index contributed by atoms with van der Waals surface area (Å²) >= 11 is 5.28. The van der Waals surface area contributed by atoms with E-state index in [1.54, 1.807) is 0 Å². The lowest BCUT2D eigenvalue weighted by Gasteiger charge is -2.07. The number of phenolic OH excluding ortho intramolecular Hbond substituents is 4. The number of aldehydes is 1. The molecule has 0 amide bonds. The lowest BCUT2D eigenvalue weighted by atomic mass is 10.1. The molecule has 6 heteroatoms. The fourth-order valence-electron chi connectivity index (χ4n) is 0.799. The van der Waals surface area contributed by atoms with Gasteiger partial charge in [0.2, 0.25) is 0 Å². The third kappa shape index (κ3) is 1.23. The molecule has 0 atom stereocenters. The molecule has 0 unspecified atom stereocenters. The van der Waals surface area contributed by atoms with Crippen LogP contribution >= 0.6 is 11.6 Å². The normalized spacial score (nSPS) is 9.92. The Labute approximate surface area is 77.4 Å². The summed E-state index contributed by atoms with van der Waals surface area (Å²) in [6.45, 7) is 0. The van der Waals surface area contributed by atoms with Crippen LogP contribution in [0.5, 0.6) is 23.0 Å². The summed E-state index contributed by atoms with van der Waals surface area (Å²) in [6.07, 6.45) is 0.0838. The maximum atomic E-state index is 10.3. The summed E-state index contributed by atoms with van der Waals surface area (Å²) in [4.78, 5) is 10.3. The van der Waals surface area contributed by atoms with Crippen LogP contribution in [-0.4, -0.2) is 26.7 Å². The second-order valence-corrected chi connectivity index (χ2v) is 2.62. The Morgan fingerprint density at radius 1 is 0.923 bits per heavy atom. The molecule has 0 saturated heterocycles. The predicted molar refractivity (Wildman–Crippen MR) is 43.5 cm³/mol. The number of carbonyl (C=O) groups is 1. The maximum absolute atomic E-state index is 10.3. The van der Waals surface area contributed by atoms with Crippen molar-refractivity contribution in [3.05, 3.63) is 10.6 Å². The highest BCUT2D eigenvalue weighted by molar-refractivity contribution is 6.34. The molecule has 0 aliphatic carbocycles. The molecule has 5 nitrogen and oxygen atoms in total. The minimum atomic E-state index is -0.865. The highest BCUT2D eigenvalue weighted by Crippen LogP contribution is 2.48. The van der Waals surface area contributed by atoms with E-state index in [1.807, 2.05) is 0 Å². The smallest absolute Gasteiger partial charge is 0.181 e. The molecule has 0 fully saturated rings. The van der Waals surface area contributed by atoms with Crippen molar-refractivity contribution in [1.82, 2.24) is 0 Å². The topological polar surface area (TPSA) is 98.0 Å². The molecule has 13 heavy (non-hydrogen) atoms. The molecule has 4 N–H and O–H groups in total. The molecule has 0 heterocycles. The monoisotopic (exact) mass is 204 g/mol. The van der Waals surface area contributed by atoms with Crippen LogP contribution in [0, 0.1) is 0 Å². The zero-order chi connectivity index (χ0) is 10.2. The number of aromatic hydroxyl groups is 4. The van der Waals surface area contributed by atoms with Crippen molar-refractivity contribution < 1.29 is 25.2 Å². The van der Waals surface area contributed by atoms with E-state index in [-0.39, 0.29) is 6.29 Å². The average molecular weight is 205 g/mol. The second kappa shape index (κ2) is 3.02. The molecule has 1 rings (SSSR count). The van der Waals surface area contributed by atoms with Crippen LogP contribution in [0.15, 0.2) is 0 Å². The fourth-order valence-corrected chi connectivity index (χ4v) is 0.978. The van der Waals surface area contributed by atoms with Crippen molar-refractivity contribution in [1.29, 1.82) is 0 Å².